The summed E-state index contributed by atoms with van der Waals surface area (Å²) in [6.45, 7) is 6.84. The third-order valence-corrected chi connectivity index (χ3v) is 3.52. The zero-order valence-electron chi connectivity index (χ0n) is 11.5. The first-order chi connectivity index (χ1) is 9.10. The van der Waals surface area contributed by atoms with Crippen molar-refractivity contribution in [2.45, 2.75) is 19.0 Å². The molecule has 19 heavy (non-hydrogen) atoms. The molecule has 0 aromatic carbocycles. The zero-order valence-corrected chi connectivity index (χ0v) is 12.3. The van der Waals surface area contributed by atoms with Crippen LogP contribution in [0, 0.1) is 0 Å². The van der Waals surface area contributed by atoms with Crippen molar-refractivity contribution in [3.05, 3.63) is 0 Å². The van der Waals surface area contributed by atoms with Crippen LogP contribution in [0.2, 0.25) is 0 Å². The first kappa shape index (κ1) is 15.8. The van der Waals surface area contributed by atoms with E-state index >= 15 is 0 Å². The third kappa shape index (κ3) is 4.71. The van der Waals surface area contributed by atoms with Gasteiger partial charge in [-0.15, -0.1) is 10.2 Å². The van der Waals surface area contributed by atoms with Gasteiger partial charge < -0.3 is 14.7 Å². The summed E-state index contributed by atoms with van der Waals surface area (Å²) < 4.78 is 7.14. The smallest absolute Gasteiger partial charge is 0.313 e. The number of anilines is 1. The summed E-state index contributed by atoms with van der Waals surface area (Å²) >= 11 is 1.16. The zero-order chi connectivity index (χ0) is 14.3. The van der Waals surface area contributed by atoms with Gasteiger partial charge in [-0.05, 0) is 13.8 Å². The second-order valence-electron chi connectivity index (χ2n) is 3.80. The van der Waals surface area contributed by atoms with Gasteiger partial charge in [0.2, 0.25) is 5.95 Å². The van der Waals surface area contributed by atoms with E-state index in [1.807, 2.05) is 30.4 Å². The summed E-state index contributed by atoms with van der Waals surface area (Å²) in [7, 11) is 1.84. The summed E-state index contributed by atoms with van der Waals surface area (Å²) in [6.07, 6.45) is 0. The molecule has 0 spiro atoms. The lowest BCUT2D eigenvalue weighted by Gasteiger charge is -2.21. The minimum atomic E-state index is -0.863. The van der Waals surface area contributed by atoms with E-state index in [4.69, 9.17) is 9.84 Å². The molecule has 1 heterocycles. The van der Waals surface area contributed by atoms with Crippen molar-refractivity contribution < 1.29 is 14.6 Å². The standard InChI is InChI=1S/C11H20N4O3S/c1-4-15(6-7-18-5-2)10-12-13-11(14(10)3)19-8-9(16)17/h4-8H2,1-3H3,(H,16,17). The molecule has 108 valence electrons. The number of aliphatic carboxylic acids is 1. The van der Waals surface area contributed by atoms with Crippen LogP contribution in [0.15, 0.2) is 5.16 Å². The molecule has 0 atom stereocenters. The highest BCUT2D eigenvalue weighted by Gasteiger charge is 2.15. The maximum atomic E-state index is 10.5. The predicted molar refractivity (Wildman–Crippen MR) is 73.7 cm³/mol. The molecule has 0 fully saturated rings. The molecule has 1 rings (SSSR count). The van der Waals surface area contributed by atoms with E-state index < -0.39 is 5.97 Å². The Labute approximate surface area is 116 Å². The SMILES string of the molecule is CCOCCN(CC)c1nnc(SCC(=O)O)n1C. The van der Waals surface area contributed by atoms with Crippen LogP contribution in [0.1, 0.15) is 13.8 Å². The number of carboxylic acid groups (broad SMARTS) is 1. The van der Waals surface area contributed by atoms with Gasteiger partial charge in [-0.1, -0.05) is 11.8 Å². The summed E-state index contributed by atoms with van der Waals surface area (Å²) in [4.78, 5) is 12.6. The Morgan fingerprint density at radius 3 is 2.79 bits per heavy atom. The second kappa shape index (κ2) is 8.00. The van der Waals surface area contributed by atoms with Gasteiger partial charge in [0, 0.05) is 26.7 Å². The number of carboxylic acids is 1. The molecule has 0 unspecified atom stereocenters. The lowest BCUT2D eigenvalue weighted by Crippen LogP contribution is -2.29. The van der Waals surface area contributed by atoms with Crippen molar-refractivity contribution in [3.8, 4) is 0 Å². The van der Waals surface area contributed by atoms with Crippen LogP contribution in [0.25, 0.3) is 0 Å². The fourth-order valence-electron chi connectivity index (χ4n) is 1.55. The van der Waals surface area contributed by atoms with Crippen molar-refractivity contribution in [2.24, 2.45) is 7.05 Å². The third-order valence-electron chi connectivity index (χ3n) is 2.51. The quantitative estimate of drug-likeness (QED) is 0.533. The fraction of sp³-hybridized carbons (Fsp3) is 0.727. The van der Waals surface area contributed by atoms with Crippen molar-refractivity contribution >= 4 is 23.7 Å². The Morgan fingerprint density at radius 1 is 1.47 bits per heavy atom. The summed E-state index contributed by atoms with van der Waals surface area (Å²) in [5.41, 5.74) is 0. The Hall–Kier alpha value is -1.28. The molecule has 7 nitrogen and oxygen atoms in total. The van der Waals surface area contributed by atoms with E-state index in [0.29, 0.717) is 18.4 Å². The van der Waals surface area contributed by atoms with Crippen LogP contribution < -0.4 is 4.90 Å². The van der Waals surface area contributed by atoms with Gasteiger partial charge in [0.1, 0.15) is 0 Å². The van der Waals surface area contributed by atoms with Crippen LogP contribution in [0.3, 0.4) is 0 Å². The van der Waals surface area contributed by atoms with Crippen molar-refractivity contribution in [1.29, 1.82) is 0 Å². The fourth-order valence-corrected chi connectivity index (χ4v) is 2.18. The first-order valence-electron chi connectivity index (χ1n) is 6.16. The number of likely N-dealkylation sites (N-methyl/N-ethyl adjacent to an activating group) is 1. The van der Waals surface area contributed by atoms with Gasteiger partial charge in [-0.2, -0.15) is 0 Å². The molecule has 0 aliphatic heterocycles. The molecular weight excluding hydrogens is 268 g/mol. The van der Waals surface area contributed by atoms with E-state index in [2.05, 4.69) is 10.2 Å². The molecule has 1 aromatic rings. The molecule has 0 radical (unpaired) electrons. The first-order valence-corrected chi connectivity index (χ1v) is 7.15. The van der Waals surface area contributed by atoms with Crippen LogP contribution in [-0.4, -0.2) is 57.9 Å². The number of hydrogen-bond donors (Lipinski definition) is 1. The molecule has 0 saturated heterocycles. The van der Waals surface area contributed by atoms with Crippen molar-refractivity contribution in [2.75, 3.05) is 37.0 Å². The topological polar surface area (TPSA) is 80.5 Å². The van der Waals surface area contributed by atoms with E-state index in [-0.39, 0.29) is 5.75 Å². The highest BCUT2D eigenvalue weighted by Crippen LogP contribution is 2.19. The normalized spacial score (nSPS) is 10.7. The highest BCUT2D eigenvalue weighted by molar-refractivity contribution is 7.99. The number of rotatable bonds is 9. The minimum Gasteiger partial charge on any atom is -0.481 e. The van der Waals surface area contributed by atoms with Crippen LogP contribution >= 0.6 is 11.8 Å². The van der Waals surface area contributed by atoms with E-state index in [0.717, 1.165) is 30.8 Å². The van der Waals surface area contributed by atoms with Gasteiger partial charge >= 0.3 is 5.97 Å². The predicted octanol–water partition coefficient (Wildman–Crippen LogP) is 0.855. The van der Waals surface area contributed by atoms with Gasteiger partial charge in [0.25, 0.3) is 0 Å². The summed E-state index contributed by atoms with van der Waals surface area (Å²) in [5, 5.41) is 17.4. The monoisotopic (exact) mass is 288 g/mol. The molecular formula is C11H20N4O3S. The lowest BCUT2D eigenvalue weighted by molar-refractivity contribution is -0.133. The Balaban J connectivity index is 2.67. The van der Waals surface area contributed by atoms with Crippen LogP contribution in [0.4, 0.5) is 5.95 Å². The second-order valence-corrected chi connectivity index (χ2v) is 4.74. The molecule has 1 N–H and O–H groups in total. The van der Waals surface area contributed by atoms with E-state index in [1.54, 1.807) is 0 Å². The van der Waals surface area contributed by atoms with Crippen molar-refractivity contribution in [3.63, 3.8) is 0 Å². The Bertz CT molecular complexity index is 411. The number of nitrogens with zero attached hydrogens (tertiary/aromatic N) is 4. The van der Waals surface area contributed by atoms with E-state index in [1.165, 1.54) is 0 Å². The van der Waals surface area contributed by atoms with E-state index in [9.17, 15) is 4.79 Å². The van der Waals surface area contributed by atoms with Gasteiger partial charge in [0.05, 0.1) is 12.4 Å². The number of ether oxygens (including phenoxy) is 1. The average Bonchev–Trinajstić information content (AvgIpc) is 2.74. The molecule has 0 aliphatic carbocycles. The Morgan fingerprint density at radius 2 is 2.21 bits per heavy atom. The van der Waals surface area contributed by atoms with Crippen LogP contribution in [0.5, 0.6) is 0 Å². The highest BCUT2D eigenvalue weighted by atomic mass is 32.2. The Kier molecular flexibility index (Phi) is 6.65. The largest absolute Gasteiger partial charge is 0.481 e. The number of hydrogen-bond acceptors (Lipinski definition) is 6. The molecule has 8 heteroatoms. The number of thioether (sulfide) groups is 1. The maximum absolute atomic E-state index is 10.5. The molecule has 0 saturated carbocycles. The number of carbonyl (C=O) groups is 1. The summed E-state index contributed by atoms with van der Waals surface area (Å²) in [6, 6.07) is 0. The number of aromatic nitrogens is 3. The molecule has 0 amide bonds. The minimum absolute atomic E-state index is 0.0168. The lowest BCUT2D eigenvalue weighted by atomic mass is 10.5. The molecule has 1 aromatic heterocycles. The van der Waals surface area contributed by atoms with Gasteiger partial charge in [-0.3, -0.25) is 9.36 Å². The van der Waals surface area contributed by atoms with Crippen LogP contribution in [-0.2, 0) is 16.6 Å². The molecule has 0 bridgehead atoms. The molecule has 0 aliphatic rings. The van der Waals surface area contributed by atoms with Gasteiger partial charge in [-0.25, -0.2) is 0 Å². The maximum Gasteiger partial charge on any atom is 0.313 e. The average molecular weight is 288 g/mol. The van der Waals surface area contributed by atoms with Crippen molar-refractivity contribution in [1.82, 2.24) is 14.8 Å². The summed E-state index contributed by atoms with van der Waals surface area (Å²) in [5.74, 6) is -0.148. The van der Waals surface area contributed by atoms with Gasteiger partial charge in [0.15, 0.2) is 5.16 Å².